The number of carbonyl (C=O) groups excluding carboxylic acids is 1. The monoisotopic (exact) mass is 393 g/mol. The van der Waals surface area contributed by atoms with Crippen molar-refractivity contribution in [2.75, 3.05) is 19.6 Å². The highest BCUT2D eigenvalue weighted by atomic mass is 19.4. The molecule has 28 heavy (non-hydrogen) atoms. The summed E-state index contributed by atoms with van der Waals surface area (Å²) >= 11 is 0. The smallest absolute Gasteiger partial charge is 0.431 e. The summed E-state index contributed by atoms with van der Waals surface area (Å²) in [5.74, 6) is 0.888. The third-order valence-corrected chi connectivity index (χ3v) is 5.45. The molecular formula is C20H22F3N3O2. The minimum atomic E-state index is -4.45. The molecule has 0 aliphatic carbocycles. The van der Waals surface area contributed by atoms with E-state index in [2.05, 4.69) is 15.2 Å². The molecule has 3 fully saturated rings. The predicted octanol–water partition coefficient (Wildman–Crippen LogP) is 4.04. The number of piperidine rings is 1. The first-order chi connectivity index (χ1) is 13.4. The SMILES string of the molecule is O=C(NC1CC2CCN(CC2)C1)c1ccc(Oc2ccc(C(F)(F)F)[nH]2)cc1. The van der Waals surface area contributed by atoms with E-state index >= 15 is 0 Å². The number of fused-ring (bicyclic) bond motifs is 4. The Labute approximate surface area is 160 Å². The molecule has 1 atom stereocenters. The summed E-state index contributed by atoms with van der Waals surface area (Å²) in [6.07, 6.45) is -1.03. The summed E-state index contributed by atoms with van der Waals surface area (Å²) < 4.78 is 43.3. The van der Waals surface area contributed by atoms with Crippen LogP contribution < -0.4 is 10.1 Å². The largest absolute Gasteiger partial charge is 0.441 e. The van der Waals surface area contributed by atoms with Crippen LogP contribution in [-0.2, 0) is 6.18 Å². The lowest BCUT2D eigenvalue weighted by molar-refractivity contribution is -0.140. The minimum Gasteiger partial charge on any atom is -0.441 e. The van der Waals surface area contributed by atoms with Crippen LogP contribution in [0.5, 0.6) is 11.6 Å². The molecule has 0 radical (unpaired) electrons. The first-order valence-electron chi connectivity index (χ1n) is 9.44. The number of H-pyrrole nitrogens is 1. The second kappa shape index (κ2) is 7.50. The molecule has 5 rings (SSSR count). The number of nitrogens with one attached hydrogen (secondary N) is 2. The minimum absolute atomic E-state index is 0.00694. The van der Waals surface area contributed by atoms with E-state index in [0.717, 1.165) is 32.1 Å². The van der Waals surface area contributed by atoms with Crippen molar-refractivity contribution in [3.8, 4) is 11.6 Å². The number of alkyl halides is 3. The number of carbonyl (C=O) groups is 1. The molecule has 8 heteroatoms. The van der Waals surface area contributed by atoms with Crippen molar-refractivity contribution in [3.05, 3.63) is 47.7 Å². The second-order valence-corrected chi connectivity index (χ2v) is 7.51. The highest BCUT2D eigenvalue weighted by molar-refractivity contribution is 5.94. The summed E-state index contributed by atoms with van der Waals surface area (Å²) in [5.41, 5.74) is -0.368. The lowest BCUT2D eigenvalue weighted by Crippen LogP contribution is -2.41. The van der Waals surface area contributed by atoms with Crippen molar-refractivity contribution >= 4 is 5.91 Å². The summed E-state index contributed by atoms with van der Waals surface area (Å²) in [5, 5.41) is 3.11. The third-order valence-electron chi connectivity index (χ3n) is 5.45. The van der Waals surface area contributed by atoms with Crippen LogP contribution in [0.15, 0.2) is 36.4 Å². The van der Waals surface area contributed by atoms with Gasteiger partial charge in [0, 0.05) is 24.2 Å². The van der Waals surface area contributed by atoms with Crippen molar-refractivity contribution in [3.63, 3.8) is 0 Å². The second-order valence-electron chi connectivity index (χ2n) is 7.51. The molecule has 2 aromatic rings. The number of hydrogen-bond donors (Lipinski definition) is 2. The Morgan fingerprint density at radius 2 is 1.82 bits per heavy atom. The Morgan fingerprint density at radius 1 is 1.11 bits per heavy atom. The fourth-order valence-corrected chi connectivity index (χ4v) is 3.97. The average Bonchev–Trinajstić information content (AvgIpc) is 2.95. The number of hydrogen-bond acceptors (Lipinski definition) is 3. The van der Waals surface area contributed by atoms with Gasteiger partial charge in [-0.3, -0.25) is 4.79 Å². The van der Waals surface area contributed by atoms with Crippen LogP contribution >= 0.6 is 0 Å². The Bertz CT molecular complexity index is 810. The van der Waals surface area contributed by atoms with Crippen molar-refractivity contribution in [1.29, 1.82) is 0 Å². The molecule has 3 saturated heterocycles. The van der Waals surface area contributed by atoms with E-state index < -0.39 is 11.9 Å². The van der Waals surface area contributed by atoms with Crippen LogP contribution in [0.1, 0.15) is 35.3 Å². The Kier molecular flexibility index (Phi) is 5.05. The van der Waals surface area contributed by atoms with Gasteiger partial charge in [0.25, 0.3) is 5.91 Å². The van der Waals surface area contributed by atoms with Gasteiger partial charge in [-0.05, 0) is 68.6 Å². The van der Waals surface area contributed by atoms with E-state index in [1.165, 1.54) is 18.9 Å². The first-order valence-corrected chi connectivity index (χ1v) is 9.44. The summed E-state index contributed by atoms with van der Waals surface area (Å²) in [6.45, 7) is 3.10. The molecule has 2 N–H and O–H groups in total. The zero-order valence-electron chi connectivity index (χ0n) is 15.3. The maximum absolute atomic E-state index is 12.6. The number of ether oxygens (including phenoxy) is 1. The van der Waals surface area contributed by atoms with Crippen LogP contribution in [0.4, 0.5) is 13.2 Å². The van der Waals surface area contributed by atoms with Gasteiger partial charge in [-0.2, -0.15) is 13.2 Å². The van der Waals surface area contributed by atoms with Gasteiger partial charge in [-0.25, -0.2) is 0 Å². The van der Waals surface area contributed by atoms with Crippen LogP contribution in [0.3, 0.4) is 0 Å². The van der Waals surface area contributed by atoms with Crippen LogP contribution in [-0.4, -0.2) is 41.5 Å². The number of halogens is 3. The average molecular weight is 393 g/mol. The van der Waals surface area contributed by atoms with Crippen LogP contribution in [0.25, 0.3) is 0 Å². The molecule has 1 amide bonds. The van der Waals surface area contributed by atoms with Crippen LogP contribution in [0.2, 0.25) is 0 Å². The predicted molar refractivity (Wildman–Crippen MR) is 97.3 cm³/mol. The van der Waals surface area contributed by atoms with Crippen molar-refractivity contribution in [2.24, 2.45) is 5.92 Å². The summed E-state index contributed by atoms with van der Waals surface area (Å²) in [6, 6.07) is 8.67. The zero-order chi connectivity index (χ0) is 19.7. The van der Waals surface area contributed by atoms with E-state index in [-0.39, 0.29) is 17.8 Å². The number of aromatic nitrogens is 1. The summed E-state index contributed by atoms with van der Waals surface area (Å²) in [7, 11) is 0. The van der Waals surface area contributed by atoms with Gasteiger partial charge < -0.3 is 19.9 Å². The van der Waals surface area contributed by atoms with Crippen molar-refractivity contribution < 1.29 is 22.7 Å². The fourth-order valence-electron chi connectivity index (χ4n) is 3.97. The molecular weight excluding hydrogens is 371 g/mol. The van der Waals surface area contributed by atoms with Gasteiger partial charge in [-0.1, -0.05) is 0 Å². The zero-order valence-corrected chi connectivity index (χ0v) is 15.3. The topological polar surface area (TPSA) is 57.4 Å². The Balaban J connectivity index is 1.36. The van der Waals surface area contributed by atoms with E-state index in [1.54, 1.807) is 24.3 Å². The van der Waals surface area contributed by atoms with Gasteiger partial charge in [0.2, 0.25) is 0 Å². The number of rotatable bonds is 4. The highest BCUT2D eigenvalue weighted by Gasteiger charge is 2.32. The molecule has 0 spiro atoms. The maximum atomic E-state index is 12.6. The molecule has 5 nitrogen and oxygen atoms in total. The number of amides is 1. The molecule has 1 unspecified atom stereocenters. The molecule has 1 aromatic heterocycles. The standard InChI is InChI=1S/C20H22F3N3O2/c21-20(22,23)17-5-6-18(25-17)28-16-3-1-14(2-4-16)19(27)24-15-11-13-7-9-26(12-15)10-8-13/h1-6,13,15,25H,7-12H2,(H,24,27). The van der Waals surface area contributed by atoms with Gasteiger partial charge >= 0.3 is 6.18 Å². The molecule has 0 saturated carbocycles. The van der Waals surface area contributed by atoms with Gasteiger partial charge in [0.05, 0.1) is 0 Å². The summed E-state index contributed by atoms with van der Waals surface area (Å²) in [4.78, 5) is 17.1. The Hall–Kier alpha value is -2.48. The Morgan fingerprint density at radius 3 is 2.46 bits per heavy atom. The quantitative estimate of drug-likeness (QED) is 0.824. The lowest BCUT2D eigenvalue weighted by atomic mass is 9.94. The van der Waals surface area contributed by atoms with E-state index in [1.807, 2.05) is 0 Å². The number of aromatic amines is 1. The van der Waals surface area contributed by atoms with Crippen molar-refractivity contribution in [1.82, 2.24) is 15.2 Å². The molecule has 3 aliphatic rings. The van der Waals surface area contributed by atoms with Crippen LogP contribution in [0, 0.1) is 5.92 Å². The highest BCUT2D eigenvalue weighted by Crippen LogP contribution is 2.31. The normalized spacial score (nSPS) is 24.6. The first kappa shape index (κ1) is 18.9. The van der Waals surface area contributed by atoms with Gasteiger partial charge in [0.1, 0.15) is 11.4 Å². The lowest BCUT2D eigenvalue weighted by Gasteiger charge is -2.26. The molecule has 4 heterocycles. The van der Waals surface area contributed by atoms with Gasteiger partial charge in [0.15, 0.2) is 5.88 Å². The van der Waals surface area contributed by atoms with E-state index in [9.17, 15) is 18.0 Å². The molecule has 2 bridgehead atoms. The molecule has 3 aliphatic heterocycles. The number of benzene rings is 1. The maximum Gasteiger partial charge on any atom is 0.431 e. The van der Waals surface area contributed by atoms with Crippen molar-refractivity contribution in [2.45, 2.75) is 31.5 Å². The number of nitrogens with zero attached hydrogens (tertiary/aromatic N) is 1. The van der Waals surface area contributed by atoms with E-state index in [0.29, 0.717) is 17.2 Å². The fraction of sp³-hybridized carbons (Fsp3) is 0.450. The van der Waals surface area contributed by atoms with Gasteiger partial charge in [-0.15, -0.1) is 0 Å². The van der Waals surface area contributed by atoms with E-state index in [4.69, 9.17) is 4.74 Å². The molecule has 1 aromatic carbocycles. The third kappa shape index (κ3) is 4.32. The molecule has 150 valence electrons.